The zero-order chi connectivity index (χ0) is 12.4. The Morgan fingerprint density at radius 3 is 2.88 bits per heavy atom. The Morgan fingerprint density at radius 2 is 2.24 bits per heavy atom. The van der Waals surface area contributed by atoms with Gasteiger partial charge in [-0.25, -0.2) is 0 Å². The van der Waals surface area contributed by atoms with Gasteiger partial charge in [-0.05, 0) is 18.2 Å². The van der Waals surface area contributed by atoms with E-state index in [4.69, 9.17) is 9.84 Å². The van der Waals surface area contributed by atoms with Gasteiger partial charge in [0.05, 0.1) is 19.0 Å². The predicted octanol–water partition coefficient (Wildman–Crippen LogP) is 1.58. The summed E-state index contributed by atoms with van der Waals surface area (Å²) in [5.74, 6) is -0.428. The summed E-state index contributed by atoms with van der Waals surface area (Å²) in [5, 5.41) is 18.8. The molecular weight excluding hydrogens is 222 g/mol. The van der Waals surface area contributed by atoms with Crippen molar-refractivity contribution in [1.82, 2.24) is 4.98 Å². The lowest BCUT2D eigenvalue weighted by molar-refractivity contribution is -0.136. The number of phenols is 1. The molecule has 17 heavy (non-hydrogen) atoms. The summed E-state index contributed by atoms with van der Waals surface area (Å²) < 4.78 is 5.20. The molecule has 0 aliphatic heterocycles. The van der Waals surface area contributed by atoms with Crippen LogP contribution in [0.5, 0.6) is 11.5 Å². The summed E-state index contributed by atoms with van der Waals surface area (Å²) in [5.41, 5.74) is 1.13. The molecule has 0 aliphatic rings. The van der Waals surface area contributed by atoms with Crippen LogP contribution in [-0.4, -0.2) is 28.3 Å². The van der Waals surface area contributed by atoms with Crippen molar-refractivity contribution in [2.45, 2.75) is 6.42 Å². The lowest BCUT2D eigenvalue weighted by Gasteiger charge is -2.09. The van der Waals surface area contributed by atoms with Gasteiger partial charge in [-0.3, -0.25) is 9.78 Å². The number of carboxylic acid groups (broad SMARTS) is 1. The van der Waals surface area contributed by atoms with E-state index in [1.807, 2.05) is 0 Å². The van der Waals surface area contributed by atoms with Gasteiger partial charge in [0, 0.05) is 17.1 Å². The highest BCUT2D eigenvalue weighted by Gasteiger charge is 2.12. The van der Waals surface area contributed by atoms with Crippen molar-refractivity contribution in [3.8, 4) is 11.5 Å². The van der Waals surface area contributed by atoms with E-state index < -0.39 is 5.97 Å². The standard InChI is InChI=1S/C12H11NO4/c1-17-12-7(4-11(15)16)6-13-10-3-2-8(14)5-9(10)12/h2-3,5-6,14H,4H2,1H3,(H,15,16). The van der Waals surface area contributed by atoms with Gasteiger partial charge in [0.15, 0.2) is 0 Å². The van der Waals surface area contributed by atoms with Crippen LogP contribution in [0.1, 0.15) is 5.56 Å². The Bertz CT molecular complexity index is 580. The Labute approximate surface area is 97.3 Å². The fraction of sp³-hybridized carbons (Fsp3) is 0.167. The van der Waals surface area contributed by atoms with Crippen molar-refractivity contribution < 1.29 is 19.7 Å². The number of fused-ring (bicyclic) bond motifs is 1. The highest BCUT2D eigenvalue weighted by Crippen LogP contribution is 2.30. The van der Waals surface area contributed by atoms with Gasteiger partial charge < -0.3 is 14.9 Å². The quantitative estimate of drug-likeness (QED) is 0.841. The van der Waals surface area contributed by atoms with E-state index in [9.17, 15) is 9.90 Å². The SMILES string of the molecule is COc1c(CC(=O)O)cnc2ccc(O)cc12. The van der Waals surface area contributed by atoms with E-state index >= 15 is 0 Å². The number of nitrogens with zero attached hydrogens (tertiary/aromatic N) is 1. The molecule has 1 aromatic carbocycles. The van der Waals surface area contributed by atoms with E-state index in [1.165, 1.54) is 25.4 Å². The Balaban J connectivity index is 2.66. The van der Waals surface area contributed by atoms with Crippen LogP contribution >= 0.6 is 0 Å². The monoisotopic (exact) mass is 233 g/mol. The number of hydrogen-bond donors (Lipinski definition) is 2. The highest BCUT2D eigenvalue weighted by molar-refractivity contribution is 5.88. The normalized spacial score (nSPS) is 10.4. The minimum Gasteiger partial charge on any atom is -0.508 e. The van der Waals surface area contributed by atoms with Gasteiger partial charge in [0.25, 0.3) is 0 Å². The summed E-state index contributed by atoms with van der Waals surface area (Å²) >= 11 is 0. The maximum atomic E-state index is 10.7. The van der Waals surface area contributed by atoms with Crippen LogP contribution in [0.2, 0.25) is 0 Å². The van der Waals surface area contributed by atoms with E-state index in [0.29, 0.717) is 22.2 Å². The molecule has 0 fully saturated rings. The molecule has 0 saturated heterocycles. The van der Waals surface area contributed by atoms with Gasteiger partial charge in [-0.15, -0.1) is 0 Å². The number of methoxy groups -OCH3 is 1. The first-order valence-corrected chi connectivity index (χ1v) is 4.98. The van der Waals surface area contributed by atoms with Gasteiger partial charge in [-0.1, -0.05) is 0 Å². The van der Waals surface area contributed by atoms with Crippen LogP contribution in [0.4, 0.5) is 0 Å². The molecule has 2 rings (SSSR count). The van der Waals surface area contributed by atoms with Gasteiger partial charge in [0.1, 0.15) is 11.5 Å². The molecule has 0 amide bonds. The number of hydrogen-bond acceptors (Lipinski definition) is 4. The number of carboxylic acids is 1. The summed E-state index contributed by atoms with van der Waals surface area (Å²) in [6, 6.07) is 4.68. The van der Waals surface area contributed by atoms with Crippen molar-refractivity contribution in [1.29, 1.82) is 0 Å². The van der Waals surface area contributed by atoms with Crippen molar-refractivity contribution in [2.75, 3.05) is 7.11 Å². The lowest BCUT2D eigenvalue weighted by Crippen LogP contribution is -2.03. The summed E-state index contributed by atoms with van der Waals surface area (Å²) in [4.78, 5) is 14.8. The second-order valence-corrected chi connectivity index (χ2v) is 3.59. The molecule has 0 atom stereocenters. The first-order chi connectivity index (χ1) is 8.11. The van der Waals surface area contributed by atoms with Crippen LogP contribution in [0.3, 0.4) is 0 Å². The number of carbonyl (C=O) groups is 1. The highest BCUT2D eigenvalue weighted by atomic mass is 16.5. The molecule has 2 N–H and O–H groups in total. The first kappa shape index (κ1) is 11.2. The zero-order valence-corrected chi connectivity index (χ0v) is 9.17. The second-order valence-electron chi connectivity index (χ2n) is 3.59. The number of ether oxygens (including phenoxy) is 1. The molecule has 0 bridgehead atoms. The van der Waals surface area contributed by atoms with Crippen molar-refractivity contribution in [2.24, 2.45) is 0 Å². The molecular formula is C12H11NO4. The van der Waals surface area contributed by atoms with Crippen LogP contribution < -0.4 is 4.74 Å². The smallest absolute Gasteiger partial charge is 0.308 e. The molecule has 0 saturated carbocycles. The van der Waals surface area contributed by atoms with Gasteiger partial charge in [-0.2, -0.15) is 0 Å². The number of rotatable bonds is 3. The molecule has 0 radical (unpaired) electrons. The fourth-order valence-corrected chi connectivity index (χ4v) is 1.73. The maximum absolute atomic E-state index is 10.7. The lowest BCUT2D eigenvalue weighted by atomic mass is 10.1. The van der Waals surface area contributed by atoms with Crippen molar-refractivity contribution >= 4 is 16.9 Å². The fourth-order valence-electron chi connectivity index (χ4n) is 1.73. The third-order valence-corrected chi connectivity index (χ3v) is 2.42. The maximum Gasteiger partial charge on any atom is 0.308 e. The minimum atomic E-state index is -0.954. The van der Waals surface area contributed by atoms with Crippen LogP contribution in [-0.2, 0) is 11.2 Å². The molecule has 1 heterocycles. The van der Waals surface area contributed by atoms with Crippen molar-refractivity contribution in [3.63, 3.8) is 0 Å². The Morgan fingerprint density at radius 1 is 1.47 bits per heavy atom. The topological polar surface area (TPSA) is 79.7 Å². The average molecular weight is 233 g/mol. The average Bonchev–Trinajstić information content (AvgIpc) is 2.28. The van der Waals surface area contributed by atoms with E-state index in [1.54, 1.807) is 6.07 Å². The number of phenolic OH excluding ortho intramolecular Hbond substituents is 1. The second kappa shape index (κ2) is 4.29. The Kier molecular flexibility index (Phi) is 2.82. The molecule has 2 aromatic rings. The summed E-state index contributed by atoms with van der Waals surface area (Å²) in [7, 11) is 1.46. The van der Waals surface area contributed by atoms with E-state index in [2.05, 4.69) is 4.98 Å². The van der Waals surface area contributed by atoms with E-state index in [-0.39, 0.29) is 12.2 Å². The molecule has 5 heteroatoms. The molecule has 88 valence electrons. The third-order valence-electron chi connectivity index (χ3n) is 2.42. The number of aromatic nitrogens is 1. The molecule has 0 spiro atoms. The zero-order valence-electron chi connectivity index (χ0n) is 9.17. The third kappa shape index (κ3) is 2.13. The number of benzene rings is 1. The summed E-state index contributed by atoms with van der Waals surface area (Å²) in [6.45, 7) is 0. The van der Waals surface area contributed by atoms with Crippen LogP contribution in [0.25, 0.3) is 10.9 Å². The van der Waals surface area contributed by atoms with Gasteiger partial charge >= 0.3 is 5.97 Å². The van der Waals surface area contributed by atoms with Crippen LogP contribution in [0, 0.1) is 0 Å². The van der Waals surface area contributed by atoms with E-state index in [0.717, 1.165) is 0 Å². The van der Waals surface area contributed by atoms with Crippen LogP contribution in [0.15, 0.2) is 24.4 Å². The van der Waals surface area contributed by atoms with Gasteiger partial charge in [0.2, 0.25) is 0 Å². The molecule has 0 aliphatic carbocycles. The molecule has 5 nitrogen and oxygen atoms in total. The van der Waals surface area contributed by atoms with Crippen molar-refractivity contribution in [3.05, 3.63) is 30.0 Å². The number of aliphatic carboxylic acids is 1. The summed E-state index contributed by atoms with van der Waals surface area (Å²) in [6.07, 6.45) is 1.31. The minimum absolute atomic E-state index is 0.0880. The largest absolute Gasteiger partial charge is 0.508 e. The first-order valence-electron chi connectivity index (χ1n) is 4.98. The number of pyridine rings is 1. The molecule has 1 aromatic heterocycles. The Hall–Kier alpha value is -2.30. The number of aromatic hydroxyl groups is 1. The predicted molar refractivity (Wildman–Crippen MR) is 61.3 cm³/mol. The molecule has 0 unspecified atom stereocenters.